The van der Waals surface area contributed by atoms with Crippen molar-refractivity contribution in [3.63, 3.8) is 0 Å². The highest BCUT2D eigenvalue weighted by molar-refractivity contribution is 6.80. The van der Waals surface area contributed by atoms with Crippen LogP contribution in [0.15, 0.2) is 11.8 Å². The molecule has 13 heavy (non-hydrogen) atoms. The second-order valence-electron chi connectivity index (χ2n) is 5.91. The first-order chi connectivity index (χ1) is 6.08. The van der Waals surface area contributed by atoms with Gasteiger partial charge in [-0.25, -0.2) is 0 Å². The number of allylic oxidation sites excluding steroid dienone is 1. The van der Waals surface area contributed by atoms with E-state index in [0.717, 1.165) is 17.8 Å². The molecule has 1 heteroatoms. The molecule has 0 spiro atoms. The molecule has 0 aromatic rings. The molecule has 2 fully saturated rings. The minimum absolute atomic E-state index is 0.925. The Morgan fingerprint density at radius 2 is 1.54 bits per heavy atom. The van der Waals surface area contributed by atoms with Crippen LogP contribution in [0.2, 0.25) is 19.6 Å². The van der Waals surface area contributed by atoms with Gasteiger partial charge in [-0.1, -0.05) is 44.3 Å². The van der Waals surface area contributed by atoms with Gasteiger partial charge in [0, 0.05) is 0 Å². The first-order valence-electron chi connectivity index (χ1n) is 5.77. The van der Waals surface area contributed by atoms with E-state index in [4.69, 9.17) is 0 Å². The molecule has 2 unspecified atom stereocenters. The van der Waals surface area contributed by atoms with E-state index in [1.165, 1.54) is 25.7 Å². The van der Waals surface area contributed by atoms with E-state index in [2.05, 4.69) is 31.4 Å². The van der Waals surface area contributed by atoms with Crippen molar-refractivity contribution in [3.05, 3.63) is 11.8 Å². The second-order valence-corrected chi connectivity index (χ2v) is 11.0. The summed E-state index contributed by atoms with van der Waals surface area (Å²) in [6.07, 6.45) is 8.60. The van der Waals surface area contributed by atoms with E-state index in [1.54, 1.807) is 0 Å². The maximum atomic E-state index is 2.56. The van der Waals surface area contributed by atoms with Gasteiger partial charge >= 0.3 is 0 Å². The van der Waals surface area contributed by atoms with Gasteiger partial charge in [-0.05, 0) is 30.6 Å². The lowest BCUT2D eigenvalue weighted by Crippen LogP contribution is -2.15. The van der Waals surface area contributed by atoms with E-state index in [-0.39, 0.29) is 0 Å². The molecule has 0 bridgehead atoms. The van der Waals surface area contributed by atoms with Gasteiger partial charge in [0.1, 0.15) is 0 Å². The summed E-state index contributed by atoms with van der Waals surface area (Å²) in [6, 6.07) is 0. The molecule has 2 saturated carbocycles. The molecule has 0 nitrogen and oxygen atoms in total. The molecule has 0 saturated heterocycles. The fourth-order valence-corrected chi connectivity index (χ4v) is 3.53. The van der Waals surface area contributed by atoms with Crippen molar-refractivity contribution in [1.82, 2.24) is 0 Å². The van der Waals surface area contributed by atoms with Gasteiger partial charge in [-0.3, -0.25) is 0 Å². The lowest BCUT2D eigenvalue weighted by Gasteiger charge is -2.07. The van der Waals surface area contributed by atoms with Crippen molar-refractivity contribution < 1.29 is 0 Å². The predicted molar refractivity (Wildman–Crippen MR) is 61.4 cm³/mol. The van der Waals surface area contributed by atoms with Crippen LogP contribution in [0.1, 0.15) is 25.7 Å². The van der Waals surface area contributed by atoms with Crippen LogP contribution in [0, 0.1) is 17.8 Å². The van der Waals surface area contributed by atoms with Crippen molar-refractivity contribution in [2.24, 2.45) is 17.8 Å². The van der Waals surface area contributed by atoms with E-state index < -0.39 is 8.07 Å². The topological polar surface area (TPSA) is 0 Å². The molecule has 74 valence electrons. The Kier molecular flexibility index (Phi) is 2.39. The molecule has 3 atom stereocenters. The zero-order chi connectivity index (χ0) is 9.47. The SMILES string of the molecule is C[Si](C)(C)/C=C/C1C2CCCC[C@H]12. The summed E-state index contributed by atoms with van der Waals surface area (Å²) in [7, 11) is -0.925. The van der Waals surface area contributed by atoms with Crippen molar-refractivity contribution in [3.8, 4) is 0 Å². The zero-order valence-corrected chi connectivity index (χ0v) is 10.2. The highest BCUT2D eigenvalue weighted by Crippen LogP contribution is 2.56. The average molecular weight is 194 g/mol. The summed E-state index contributed by atoms with van der Waals surface area (Å²) in [4.78, 5) is 0. The normalized spacial score (nSPS) is 39.2. The van der Waals surface area contributed by atoms with Crippen molar-refractivity contribution in [1.29, 1.82) is 0 Å². The molecule has 0 aromatic heterocycles. The zero-order valence-electron chi connectivity index (χ0n) is 9.22. The molecule has 2 aliphatic carbocycles. The Morgan fingerprint density at radius 3 is 2.00 bits per heavy atom. The van der Waals surface area contributed by atoms with Gasteiger partial charge in [0.15, 0.2) is 0 Å². The number of fused-ring (bicyclic) bond motifs is 1. The van der Waals surface area contributed by atoms with Crippen LogP contribution in [0.25, 0.3) is 0 Å². The van der Waals surface area contributed by atoms with Crippen LogP contribution in [0.3, 0.4) is 0 Å². The van der Waals surface area contributed by atoms with Gasteiger partial charge in [0.2, 0.25) is 0 Å². The third-order valence-electron chi connectivity index (χ3n) is 3.54. The molecule has 0 N–H and O–H groups in total. The van der Waals surface area contributed by atoms with Crippen LogP contribution in [-0.4, -0.2) is 8.07 Å². The Morgan fingerprint density at radius 1 is 1.00 bits per heavy atom. The number of rotatable bonds is 2. The van der Waals surface area contributed by atoms with Crippen LogP contribution in [0.5, 0.6) is 0 Å². The molecule has 0 radical (unpaired) electrons. The molecule has 2 rings (SSSR count). The lowest BCUT2D eigenvalue weighted by molar-refractivity contribution is 0.480. The van der Waals surface area contributed by atoms with Crippen LogP contribution in [0.4, 0.5) is 0 Å². The number of hydrogen-bond donors (Lipinski definition) is 0. The van der Waals surface area contributed by atoms with Crippen LogP contribution in [-0.2, 0) is 0 Å². The maximum Gasteiger partial charge on any atom is 0.0682 e. The fourth-order valence-electron chi connectivity index (χ4n) is 2.73. The van der Waals surface area contributed by atoms with Gasteiger partial charge in [0.05, 0.1) is 8.07 Å². The molecular formula is C12H22Si. The quantitative estimate of drug-likeness (QED) is 0.586. The van der Waals surface area contributed by atoms with Crippen molar-refractivity contribution >= 4 is 8.07 Å². The van der Waals surface area contributed by atoms with E-state index >= 15 is 0 Å². The first-order valence-corrected chi connectivity index (χ1v) is 9.35. The van der Waals surface area contributed by atoms with Gasteiger partial charge in [-0.2, -0.15) is 0 Å². The summed E-state index contributed by atoms with van der Waals surface area (Å²) in [5.41, 5.74) is 2.55. The first kappa shape index (κ1) is 9.51. The minimum Gasteiger partial charge on any atom is -0.0986 e. The van der Waals surface area contributed by atoms with E-state index in [0.29, 0.717) is 0 Å². The summed E-state index contributed by atoms with van der Waals surface area (Å²) < 4.78 is 0. The molecule has 2 aliphatic rings. The highest BCUT2D eigenvalue weighted by Gasteiger charge is 2.48. The standard InChI is InChI=1S/C12H22Si/c1-13(2,3)9-8-12-10-6-4-5-7-11(10)12/h8-12H,4-7H2,1-3H3/b9-8+/t10-,11?,12?/m0/s1. The summed E-state index contributed by atoms with van der Waals surface area (Å²) in [5.74, 6) is 3.19. The van der Waals surface area contributed by atoms with Crippen molar-refractivity contribution in [2.45, 2.75) is 45.3 Å². The average Bonchev–Trinajstić information content (AvgIpc) is 2.73. The van der Waals surface area contributed by atoms with Crippen LogP contribution >= 0.6 is 0 Å². The summed E-state index contributed by atoms with van der Waals surface area (Å²) >= 11 is 0. The Balaban J connectivity index is 1.88. The summed E-state index contributed by atoms with van der Waals surface area (Å²) in [6.45, 7) is 7.28. The van der Waals surface area contributed by atoms with Gasteiger partial charge in [-0.15, -0.1) is 0 Å². The highest BCUT2D eigenvalue weighted by atomic mass is 28.3. The van der Waals surface area contributed by atoms with Crippen LogP contribution < -0.4 is 0 Å². The summed E-state index contributed by atoms with van der Waals surface area (Å²) in [5, 5.41) is 0. The molecule has 0 aliphatic heterocycles. The predicted octanol–water partition coefficient (Wildman–Crippen LogP) is 3.86. The Hall–Kier alpha value is -0.0431. The fraction of sp³-hybridized carbons (Fsp3) is 0.833. The minimum atomic E-state index is -0.925. The Labute approximate surface area is 83.4 Å². The second kappa shape index (κ2) is 3.27. The van der Waals surface area contributed by atoms with Gasteiger partial charge in [0.25, 0.3) is 0 Å². The third-order valence-corrected chi connectivity index (χ3v) is 4.73. The Bertz CT molecular complexity index is 200. The van der Waals surface area contributed by atoms with E-state index in [9.17, 15) is 0 Å². The molecule has 0 amide bonds. The molecule has 0 heterocycles. The van der Waals surface area contributed by atoms with E-state index in [1.807, 2.05) is 0 Å². The largest absolute Gasteiger partial charge is 0.0986 e. The van der Waals surface area contributed by atoms with Crippen molar-refractivity contribution in [2.75, 3.05) is 0 Å². The number of hydrogen-bond acceptors (Lipinski definition) is 0. The third kappa shape index (κ3) is 2.25. The van der Waals surface area contributed by atoms with Gasteiger partial charge < -0.3 is 0 Å². The lowest BCUT2D eigenvalue weighted by atomic mass is 10.0. The smallest absolute Gasteiger partial charge is 0.0682 e. The molecule has 0 aromatic carbocycles. The molecular weight excluding hydrogens is 172 g/mol. The maximum absolute atomic E-state index is 2.56. The monoisotopic (exact) mass is 194 g/mol.